The van der Waals surface area contributed by atoms with Crippen molar-refractivity contribution in [2.45, 2.75) is 39.7 Å². The Hall–Kier alpha value is -0.880. The fraction of sp³-hybridized carbons (Fsp3) is 0.857. The van der Waals surface area contributed by atoms with Crippen LogP contribution in [-0.4, -0.2) is 55.3 Å². The SMILES string of the molecule is COCCNC(=S)N1CCC(NC(=O)C(C)(C)C)CC1. The molecule has 0 aromatic heterocycles. The van der Waals surface area contributed by atoms with Crippen LogP contribution in [0.2, 0.25) is 0 Å². The maximum absolute atomic E-state index is 11.9. The molecule has 0 atom stereocenters. The number of hydrogen-bond acceptors (Lipinski definition) is 3. The third kappa shape index (κ3) is 5.63. The minimum atomic E-state index is -0.325. The molecule has 0 aromatic rings. The fourth-order valence-corrected chi connectivity index (χ4v) is 2.29. The molecule has 1 heterocycles. The highest BCUT2D eigenvalue weighted by Crippen LogP contribution is 2.16. The summed E-state index contributed by atoms with van der Waals surface area (Å²) in [6.45, 7) is 8.96. The van der Waals surface area contributed by atoms with Crippen LogP contribution in [-0.2, 0) is 9.53 Å². The number of hydrogen-bond donors (Lipinski definition) is 2. The van der Waals surface area contributed by atoms with Crippen LogP contribution in [0.4, 0.5) is 0 Å². The zero-order valence-corrected chi connectivity index (χ0v) is 13.8. The first-order valence-corrected chi connectivity index (χ1v) is 7.58. The Balaban J connectivity index is 2.29. The number of piperidine rings is 1. The molecule has 1 rings (SSSR count). The van der Waals surface area contributed by atoms with Crippen molar-refractivity contribution in [1.29, 1.82) is 0 Å². The molecule has 2 N–H and O–H groups in total. The average molecular weight is 301 g/mol. The van der Waals surface area contributed by atoms with E-state index in [2.05, 4.69) is 15.5 Å². The molecule has 0 saturated carbocycles. The molecule has 1 saturated heterocycles. The standard InChI is InChI=1S/C14H27N3O2S/c1-14(2,3)12(18)16-11-5-8-17(9-6-11)13(20)15-7-10-19-4/h11H,5-10H2,1-4H3,(H,15,20)(H,16,18). The van der Waals surface area contributed by atoms with Crippen molar-refractivity contribution in [3.8, 4) is 0 Å². The number of rotatable bonds is 4. The zero-order valence-electron chi connectivity index (χ0n) is 13.0. The molecule has 0 radical (unpaired) electrons. The van der Waals surface area contributed by atoms with Gasteiger partial charge in [-0.2, -0.15) is 0 Å². The Kier molecular flexibility index (Phi) is 6.68. The smallest absolute Gasteiger partial charge is 0.225 e. The number of amides is 1. The number of likely N-dealkylation sites (tertiary alicyclic amines) is 1. The molecule has 0 unspecified atom stereocenters. The maximum Gasteiger partial charge on any atom is 0.225 e. The summed E-state index contributed by atoms with van der Waals surface area (Å²) in [5.74, 6) is 0.122. The average Bonchev–Trinajstić information content (AvgIpc) is 2.38. The second-order valence-electron chi connectivity index (χ2n) is 6.21. The highest BCUT2D eigenvalue weighted by atomic mass is 32.1. The highest BCUT2D eigenvalue weighted by Gasteiger charge is 2.26. The Morgan fingerprint density at radius 3 is 2.45 bits per heavy atom. The molecule has 5 nitrogen and oxygen atoms in total. The third-order valence-corrected chi connectivity index (χ3v) is 3.78. The van der Waals surface area contributed by atoms with E-state index in [-0.39, 0.29) is 17.4 Å². The second kappa shape index (κ2) is 7.78. The topological polar surface area (TPSA) is 53.6 Å². The monoisotopic (exact) mass is 301 g/mol. The summed E-state index contributed by atoms with van der Waals surface area (Å²) >= 11 is 5.34. The van der Waals surface area contributed by atoms with Crippen molar-refractivity contribution >= 4 is 23.2 Å². The molecule has 116 valence electrons. The minimum absolute atomic E-state index is 0.122. The number of carbonyl (C=O) groups excluding carboxylic acids is 1. The summed E-state index contributed by atoms with van der Waals surface area (Å²) in [5, 5.41) is 7.08. The van der Waals surface area contributed by atoms with Gasteiger partial charge in [-0.25, -0.2) is 0 Å². The lowest BCUT2D eigenvalue weighted by atomic mass is 9.94. The van der Waals surface area contributed by atoms with Crippen LogP contribution in [0.5, 0.6) is 0 Å². The van der Waals surface area contributed by atoms with Crippen molar-refractivity contribution in [3.63, 3.8) is 0 Å². The third-order valence-electron chi connectivity index (χ3n) is 3.38. The lowest BCUT2D eigenvalue weighted by molar-refractivity contribution is -0.129. The van der Waals surface area contributed by atoms with Gasteiger partial charge in [-0.05, 0) is 25.1 Å². The van der Waals surface area contributed by atoms with E-state index < -0.39 is 0 Å². The molecule has 1 aliphatic rings. The molecular weight excluding hydrogens is 274 g/mol. The zero-order chi connectivity index (χ0) is 15.2. The van der Waals surface area contributed by atoms with Crippen LogP contribution in [0, 0.1) is 5.41 Å². The van der Waals surface area contributed by atoms with E-state index in [1.807, 2.05) is 20.8 Å². The van der Waals surface area contributed by atoms with Gasteiger partial charge in [-0.15, -0.1) is 0 Å². The van der Waals surface area contributed by atoms with E-state index in [1.165, 1.54) is 0 Å². The van der Waals surface area contributed by atoms with Gasteiger partial charge >= 0.3 is 0 Å². The van der Waals surface area contributed by atoms with Crippen LogP contribution >= 0.6 is 12.2 Å². The van der Waals surface area contributed by atoms with Gasteiger partial charge in [0.2, 0.25) is 5.91 Å². The molecule has 1 aliphatic heterocycles. The summed E-state index contributed by atoms with van der Waals surface area (Å²) in [5.41, 5.74) is -0.325. The minimum Gasteiger partial charge on any atom is -0.383 e. The van der Waals surface area contributed by atoms with Gasteiger partial charge in [0.25, 0.3) is 0 Å². The lowest BCUT2D eigenvalue weighted by Crippen LogP contribution is -2.51. The van der Waals surface area contributed by atoms with Gasteiger partial charge in [0.15, 0.2) is 5.11 Å². The summed E-state index contributed by atoms with van der Waals surface area (Å²) in [6, 6.07) is 0.264. The molecule has 0 bridgehead atoms. The van der Waals surface area contributed by atoms with Gasteiger partial charge in [0.05, 0.1) is 6.61 Å². The Labute approximate surface area is 127 Å². The molecule has 6 heteroatoms. The van der Waals surface area contributed by atoms with Crippen LogP contribution < -0.4 is 10.6 Å². The summed E-state index contributed by atoms with van der Waals surface area (Å²) < 4.78 is 4.98. The first-order chi connectivity index (χ1) is 9.34. The Morgan fingerprint density at radius 1 is 1.35 bits per heavy atom. The van der Waals surface area contributed by atoms with Gasteiger partial charge in [-0.1, -0.05) is 20.8 Å². The number of nitrogens with zero attached hydrogens (tertiary/aromatic N) is 1. The summed E-state index contributed by atoms with van der Waals surface area (Å²) in [4.78, 5) is 14.1. The van der Waals surface area contributed by atoms with E-state index in [1.54, 1.807) is 7.11 Å². The number of carbonyl (C=O) groups is 1. The van der Waals surface area contributed by atoms with Gasteiger partial charge < -0.3 is 20.3 Å². The molecular formula is C14H27N3O2S. The number of ether oxygens (including phenoxy) is 1. The van der Waals surface area contributed by atoms with Gasteiger partial charge in [0, 0.05) is 38.2 Å². The Bertz CT molecular complexity index is 334. The van der Waals surface area contributed by atoms with Crippen LogP contribution in [0.15, 0.2) is 0 Å². The molecule has 20 heavy (non-hydrogen) atoms. The molecule has 1 fully saturated rings. The predicted octanol–water partition coefficient (Wildman–Crippen LogP) is 1.13. The van der Waals surface area contributed by atoms with E-state index >= 15 is 0 Å². The van der Waals surface area contributed by atoms with Crippen LogP contribution in [0.3, 0.4) is 0 Å². The normalized spacial score (nSPS) is 16.9. The van der Waals surface area contributed by atoms with Crippen molar-refractivity contribution < 1.29 is 9.53 Å². The van der Waals surface area contributed by atoms with Crippen molar-refractivity contribution in [3.05, 3.63) is 0 Å². The summed E-state index contributed by atoms with van der Waals surface area (Å²) in [7, 11) is 1.67. The first kappa shape index (κ1) is 17.2. The van der Waals surface area contributed by atoms with Crippen molar-refractivity contribution in [2.75, 3.05) is 33.4 Å². The van der Waals surface area contributed by atoms with Gasteiger partial charge in [-0.3, -0.25) is 4.79 Å². The summed E-state index contributed by atoms with van der Waals surface area (Å²) in [6.07, 6.45) is 1.88. The lowest BCUT2D eigenvalue weighted by Gasteiger charge is -2.35. The number of methoxy groups -OCH3 is 1. The van der Waals surface area contributed by atoms with Crippen molar-refractivity contribution in [1.82, 2.24) is 15.5 Å². The highest BCUT2D eigenvalue weighted by molar-refractivity contribution is 7.80. The van der Waals surface area contributed by atoms with E-state index in [9.17, 15) is 4.79 Å². The Morgan fingerprint density at radius 2 is 1.95 bits per heavy atom. The molecule has 1 amide bonds. The van der Waals surface area contributed by atoms with Crippen LogP contribution in [0.1, 0.15) is 33.6 Å². The van der Waals surface area contributed by atoms with Gasteiger partial charge in [0.1, 0.15) is 0 Å². The van der Waals surface area contributed by atoms with E-state index in [0.29, 0.717) is 6.61 Å². The molecule has 0 aliphatic carbocycles. The largest absolute Gasteiger partial charge is 0.383 e. The predicted molar refractivity (Wildman–Crippen MR) is 84.7 cm³/mol. The van der Waals surface area contributed by atoms with Crippen LogP contribution in [0.25, 0.3) is 0 Å². The quantitative estimate of drug-likeness (QED) is 0.602. The maximum atomic E-state index is 11.9. The van der Waals surface area contributed by atoms with E-state index in [0.717, 1.165) is 37.6 Å². The first-order valence-electron chi connectivity index (χ1n) is 7.17. The fourth-order valence-electron chi connectivity index (χ4n) is 2.00. The van der Waals surface area contributed by atoms with E-state index in [4.69, 9.17) is 17.0 Å². The van der Waals surface area contributed by atoms with Crippen molar-refractivity contribution in [2.24, 2.45) is 5.41 Å². The number of nitrogens with one attached hydrogen (secondary N) is 2. The molecule has 0 aromatic carbocycles. The molecule has 0 spiro atoms. The second-order valence-corrected chi connectivity index (χ2v) is 6.60. The number of thiocarbonyl (C=S) groups is 1.